The molecule has 0 amide bonds. The molecule has 0 radical (unpaired) electrons. The van der Waals surface area contributed by atoms with Crippen LogP contribution in [0, 0.1) is 0 Å². The highest BCUT2D eigenvalue weighted by Crippen LogP contribution is 2.26. The molecule has 0 atom stereocenters. The second kappa shape index (κ2) is 8.64. The van der Waals surface area contributed by atoms with Gasteiger partial charge in [-0.15, -0.1) is 0 Å². The van der Waals surface area contributed by atoms with Gasteiger partial charge in [-0.3, -0.25) is 0 Å². The number of esters is 1. The van der Waals surface area contributed by atoms with E-state index < -0.39 is 5.97 Å². The number of hydrogen-bond donors (Lipinski definition) is 0. The van der Waals surface area contributed by atoms with E-state index in [0.717, 1.165) is 5.56 Å². The average Bonchev–Trinajstić information content (AvgIpc) is 2.55. The van der Waals surface area contributed by atoms with Crippen LogP contribution in [0.15, 0.2) is 66.7 Å². The fourth-order valence-electron chi connectivity index (χ4n) is 1.82. The highest BCUT2D eigenvalue weighted by molar-refractivity contribution is 5.84. The molecule has 2 aromatic carbocycles. The summed E-state index contributed by atoms with van der Waals surface area (Å²) in [6.45, 7) is 0.0956. The van der Waals surface area contributed by atoms with Gasteiger partial charge in [0.15, 0.2) is 18.3 Å². The Morgan fingerprint density at radius 3 is 2.41 bits per heavy atom. The number of rotatable bonds is 7. The molecular weight excluding hydrogens is 280 g/mol. The van der Waals surface area contributed by atoms with Crippen LogP contribution < -0.4 is 9.47 Å². The average molecular weight is 298 g/mol. The Morgan fingerprint density at radius 2 is 1.68 bits per heavy atom. The number of carbonyl (C=O) groups is 1. The smallest absolute Gasteiger partial charge is 0.335 e. The van der Waals surface area contributed by atoms with Crippen molar-refractivity contribution >= 4 is 5.97 Å². The first kappa shape index (κ1) is 15.8. The number of ether oxygens (including phenoxy) is 3. The summed E-state index contributed by atoms with van der Waals surface area (Å²) in [5.74, 6) is 0.396. The van der Waals surface area contributed by atoms with Crippen molar-refractivity contribution in [3.8, 4) is 11.5 Å². The Bertz CT molecular complexity index is 620. The molecule has 4 nitrogen and oxygen atoms in total. The van der Waals surface area contributed by atoms with Gasteiger partial charge in [-0.25, -0.2) is 4.79 Å². The summed E-state index contributed by atoms with van der Waals surface area (Å²) < 4.78 is 15.5. The Labute approximate surface area is 129 Å². The van der Waals surface area contributed by atoms with E-state index in [-0.39, 0.29) is 6.79 Å². The molecule has 22 heavy (non-hydrogen) atoms. The molecule has 0 aliphatic heterocycles. The van der Waals surface area contributed by atoms with Crippen LogP contribution in [0.2, 0.25) is 0 Å². The molecule has 2 rings (SSSR count). The van der Waals surface area contributed by atoms with Crippen LogP contribution in [0.25, 0.3) is 0 Å². The molecule has 2 aromatic rings. The lowest BCUT2D eigenvalue weighted by Crippen LogP contribution is -2.07. The molecule has 0 heterocycles. The predicted molar refractivity (Wildman–Crippen MR) is 83.9 cm³/mol. The third-order valence-electron chi connectivity index (χ3n) is 2.84. The summed E-state index contributed by atoms with van der Waals surface area (Å²) >= 11 is 0. The fraction of sp³-hybridized carbons (Fsp3) is 0.167. The summed E-state index contributed by atoms with van der Waals surface area (Å²) in [4.78, 5) is 11.8. The topological polar surface area (TPSA) is 44.8 Å². The lowest BCUT2D eigenvalue weighted by Gasteiger charge is -2.09. The van der Waals surface area contributed by atoms with E-state index in [9.17, 15) is 4.79 Å². The van der Waals surface area contributed by atoms with E-state index in [2.05, 4.69) is 0 Å². The van der Waals surface area contributed by atoms with Crippen molar-refractivity contribution in [1.29, 1.82) is 0 Å². The SMILES string of the molecule is COCOc1ccccc1OC(=O)C=CCc1ccccc1. The number of para-hydroxylation sites is 2. The van der Waals surface area contributed by atoms with Crippen molar-refractivity contribution in [2.75, 3.05) is 13.9 Å². The summed E-state index contributed by atoms with van der Waals surface area (Å²) in [7, 11) is 1.53. The maximum absolute atomic E-state index is 11.8. The second-order valence-corrected chi connectivity index (χ2v) is 4.51. The van der Waals surface area contributed by atoms with Gasteiger partial charge in [-0.2, -0.15) is 0 Å². The van der Waals surface area contributed by atoms with Gasteiger partial charge >= 0.3 is 5.97 Å². The summed E-state index contributed by atoms with van der Waals surface area (Å²) in [6.07, 6.45) is 3.87. The van der Waals surface area contributed by atoms with E-state index in [1.807, 2.05) is 30.3 Å². The van der Waals surface area contributed by atoms with Crippen molar-refractivity contribution in [3.63, 3.8) is 0 Å². The third-order valence-corrected chi connectivity index (χ3v) is 2.84. The van der Waals surface area contributed by atoms with Crippen molar-refractivity contribution in [1.82, 2.24) is 0 Å². The fourth-order valence-corrected chi connectivity index (χ4v) is 1.82. The Hall–Kier alpha value is -2.59. The number of methoxy groups -OCH3 is 1. The van der Waals surface area contributed by atoms with Crippen LogP contribution >= 0.6 is 0 Å². The zero-order valence-electron chi connectivity index (χ0n) is 12.4. The van der Waals surface area contributed by atoms with Crippen LogP contribution in [0.4, 0.5) is 0 Å². The molecule has 0 spiro atoms. The maximum atomic E-state index is 11.8. The van der Waals surface area contributed by atoms with Crippen LogP contribution in [0.5, 0.6) is 11.5 Å². The largest absolute Gasteiger partial charge is 0.464 e. The Balaban J connectivity index is 1.91. The van der Waals surface area contributed by atoms with E-state index in [4.69, 9.17) is 14.2 Å². The molecule has 114 valence electrons. The van der Waals surface area contributed by atoms with Gasteiger partial charge in [-0.05, 0) is 24.1 Å². The summed E-state index contributed by atoms with van der Waals surface area (Å²) in [6, 6.07) is 16.9. The van der Waals surface area contributed by atoms with Gasteiger partial charge in [0.2, 0.25) is 0 Å². The first-order valence-electron chi connectivity index (χ1n) is 6.92. The first-order valence-corrected chi connectivity index (χ1v) is 6.92. The van der Waals surface area contributed by atoms with Crippen molar-refractivity contribution in [2.24, 2.45) is 0 Å². The minimum atomic E-state index is -0.440. The Kier molecular flexibility index (Phi) is 6.20. The number of allylic oxidation sites excluding steroid dienone is 1. The quantitative estimate of drug-likeness (QED) is 0.340. The predicted octanol–water partition coefficient (Wildman–Crippen LogP) is 3.37. The van der Waals surface area contributed by atoms with Crippen molar-refractivity contribution in [2.45, 2.75) is 6.42 Å². The zero-order valence-corrected chi connectivity index (χ0v) is 12.4. The van der Waals surface area contributed by atoms with Crippen LogP contribution in [-0.4, -0.2) is 19.9 Å². The summed E-state index contributed by atoms with van der Waals surface area (Å²) in [5.41, 5.74) is 1.13. The summed E-state index contributed by atoms with van der Waals surface area (Å²) in [5, 5.41) is 0. The van der Waals surface area contributed by atoms with Crippen LogP contribution in [0.3, 0.4) is 0 Å². The third kappa shape index (κ3) is 5.07. The molecule has 0 fully saturated rings. The van der Waals surface area contributed by atoms with Gasteiger partial charge in [-0.1, -0.05) is 48.5 Å². The van der Waals surface area contributed by atoms with Gasteiger partial charge in [0.1, 0.15) is 0 Å². The number of hydrogen-bond acceptors (Lipinski definition) is 4. The first-order chi connectivity index (χ1) is 10.8. The minimum absolute atomic E-state index is 0.0956. The van der Waals surface area contributed by atoms with Crippen molar-refractivity contribution in [3.05, 3.63) is 72.3 Å². The van der Waals surface area contributed by atoms with Gasteiger partial charge in [0, 0.05) is 13.2 Å². The molecule has 0 aromatic heterocycles. The van der Waals surface area contributed by atoms with E-state index in [0.29, 0.717) is 17.9 Å². The molecule has 0 saturated carbocycles. The molecule has 0 aliphatic rings. The van der Waals surface area contributed by atoms with E-state index in [1.54, 1.807) is 30.3 Å². The monoisotopic (exact) mass is 298 g/mol. The minimum Gasteiger partial charge on any atom is -0.464 e. The highest BCUT2D eigenvalue weighted by Gasteiger charge is 2.07. The maximum Gasteiger partial charge on any atom is 0.335 e. The molecule has 0 saturated heterocycles. The standard InChI is InChI=1S/C18H18O4/c1-20-14-21-16-11-5-6-12-17(16)22-18(19)13-7-10-15-8-3-2-4-9-15/h2-9,11-13H,10,14H2,1H3. The molecular formula is C18H18O4. The highest BCUT2D eigenvalue weighted by atomic mass is 16.7. The lowest BCUT2D eigenvalue weighted by molar-refractivity contribution is -0.129. The lowest BCUT2D eigenvalue weighted by atomic mass is 10.1. The number of benzene rings is 2. The molecule has 0 bridgehead atoms. The Morgan fingerprint density at radius 1 is 1.00 bits per heavy atom. The molecule has 0 aliphatic carbocycles. The van der Waals surface area contributed by atoms with Gasteiger partial charge in [0.25, 0.3) is 0 Å². The van der Waals surface area contributed by atoms with E-state index in [1.165, 1.54) is 13.2 Å². The molecule has 0 unspecified atom stereocenters. The van der Waals surface area contributed by atoms with Crippen LogP contribution in [-0.2, 0) is 16.0 Å². The van der Waals surface area contributed by atoms with Crippen LogP contribution in [0.1, 0.15) is 5.56 Å². The second-order valence-electron chi connectivity index (χ2n) is 4.51. The van der Waals surface area contributed by atoms with Gasteiger partial charge < -0.3 is 14.2 Å². The van der Waals surface area contributed by atoms with Gasteiger partial charge in [0.05, 0.1) is 0 Å². The van der Waals surface area contributed by atoms with E-state index >= 15 is 0 Å². The normalized spacial score (nSPS) is 10.6. The van der Waals surface area contributed by atoms with Crippen molar-refractivity contribution < 1.29 is 19.0 Å². The zero-order chi connectivity index (χ0) is 15.6. The number of carbonyl (C=O) groups excluding carboxylic acids is 1. The molecule has 0 N–H and O–H groups in total. The molecule has 4 heteroatoms.